The molecule has 116 valence electrons. The maximum absolute atomic E-state index is 12.4. The average molecular weight is 310 g/mol. The van der Waals surface area contributed by atoms with Crippen LogP contribution in [-0.2, 0) is 21.1 Å². The number of rotatable bonds is 4. The Morgan fingerprint density at radius 1 is 1.43 bits per heavy atom. The number of aryl methyl sites for hydroxylation is 1. The van der Waals surface area contributed by atoms with Gasteiger partial charge >= 0.3 is 0 Å². The fraction of sp³-hybridized carbons (Fsp3) is 0.667. The molecule has 1 aromatic heterocycles. The molecule has 0 amide bonds. The predicted octanol–water partition coefficient (Wildman–Crippen LogP) is 1.03. The van der Waals surface area contributed by atoms with E-state index in [-0.39, 0.29) is 5.92 Å². The Kier molecular flexibility index (Phi) is 3.80. The number of methoxy groups -OCH3 is 1. The van der Waals surface area contributed by atoms with Crippen LogP contribution in [0.2, 0.25) is 0 Å². The molecular formula is C15H22N2O3S. The minimum absolute atomic E-state index is 0.134. The van der Waals surface area contributed by atoms with E-state index < -0.39 is 14.6 Å². The van der Waals surface area contributed by atoms with E-state index in [1.165, 1.54) is 0 Å². The molecule has 3 heterocycles. The highest BCUT2D eigenvalue weighted by Crippen LogP contribution is 2.45. The standard InChI is InChI=1S/C15H22N2O3S/c1-12-4-3-5-14(16-12)8-17-10-15(11-17)13(9-20-2)6-7-21(15,18)19/h3-5,13H,6-11H2,1-2H3/t13-/m0/s1. The van der Waals surface area contributed by atoms with E-state index in [9.17, 15) is 8.42 Å². The molecule has 0 aromatic carbocycles. The van der Waals surface area contributed by atoms with Gasteiger partial charge in [0.15, 0.2) is 9.84 Å². The largest absolute Gasteiger partial charge is 0.384 e. The summed E-state index contributed by atoms with van der Waals surface area (Å²) in [4.78, 5) is 6.66. The second-order valence-electron chi connectivity index (χ2n) is 6.24. The van der Waals surface area contributed by atoms with Gasteiger partial charge in [0.2, 0.25) is 0 Å². The minimum Gasteiger partial charge on any atom is -0.384 e. The Bertz CT molecular complexity index is 624. The number of hydrogen-bond acceptors (Lipinski definition) is 5. The van der Waals surface area contributed by atoms with Crippen LogP contribution >= 0.6 is 0 Å². The van der Waals surface area contributed by atoms with Gasteiger partial charge < -0.3 is 4.74 Å². The van der Waals surface area contributed by atoms with Gasteiger partial charge in [0, 0.05) is 38.4 Å². The second kappa shape index (κ2) is 5.34. The van der Waals surface area contributed by atoms with Crippen molar-refractivity contribution in [3.05, 3.63) is 29.6 Å². The number of pyridine rings is 1. The first kappa shape index (κ1) is 14.9. The molecule has 1 spiro atoms. The molecule has 1 aromatic rings. The van der Waals surface area contributed by atoms with Gasteiger partial charge in [0.25, 0.3) is 0 Å². The summed E-state index contributed by atoms with van der Waals surface area (Å²) >= 11 is 0. The van der Waals surface area contributed by atoms with Crippen molar-refractivity contribution in [3.8, 4) is 0 Å². The van der Waals surface area contributed by atoms with E-state index in [1.54, 1.807) is 7.11 Å². The topological polar surface area (TPSA) is 59.5 Å². The zero-order valence-electron chi connectivity index (χ0n) is 12.6. The van der Waals surface area contributed by atoms with Crippen LogP contribution in [0.25, 0.3) is 0 Å². The van der Waals surface area contributed by atoms with Crippen LogP contribution in [0.1, 0.15) is 17.8 Å². The first-order valence-corrected chi connectivity index (χ1v) is 8.98. The van der Waals surface area contributed by atoms with Crippen molar-refractivity contribution in [2.45, 2.75) is 24.6 Å². The van der Waals surface area contributed by atoms with Gasteiger partial charge in [-0.25, -0.2) is 8.42 Å². The van der Waals surface area contributed by atoms with Crippen molar-refractivity contribution in [1.82, 2.24) is 9.88 Å². The van der Waals surface area contributed by atoms with Gasteiger partial charge in [-0.2, -0.15) is 0 Å². The Hall–Kier alpha value is -0.980. The summed E-state index contributed by atoms with van der Waals surface area (Å²) in [7, 11) is -1.35. The van der Waals surface area contributed by atoms with Crippen molar-refractivity contribution < 1.29 is 13.2 Å². The molecule has 0 saturated carbocycles. The molecule has 21 heavy (non-hydrogen) atoms. The normalized spacial score (nSPS) is 26.9. The van der Waals surface area contributed by atoms with Crippen molar-refractivity contribution in [2.24, 2.45) is 5.92 Å². The van der Waals surface area contributed by atoms with Crippen LogP contribution in [0.4, 0.5) is 0 Å². The molecule has 0 bridgehead atoms. The molecule has 2 fully saturated rings. The van der Waals surface area contributed by atoms with Crippen molar-refractivity contribution in [3.63, 3.8) is 0 Å². The summed E-state index contributed by atoms with van der Waals surface area (Å²) in [6.07, 6.45) is 0.729. The lowest BCUT2D eigenvalue weighted by atomic mass is 9.83. The summed E-state index contributed by atoms with van der Waals surface area (Å²) < 4.78 is 29.5. The monoisotopic (exact) mass is 310 g/mol. The number of ether oxygens (including phenoxy) is 1. The summed E-state index contributed by atoms with van der Waals surface area (Å²) in [6, 6.07) is 5.96. The molecule has 3 rings (SSSR count). The molecule has 2 saturated heterocycles. The maximum atomic E-state index is 12.4. The van der Waals surface area contributed by atoms with Gasteiger partial charge in [-0.3, -0.25) is 9.88 Å². The van der Waals surface area contributed by atoms with Gasteiger partial charge in [0.1, 0.15) is 4.75 Å². The average Bonchev–Trinajstić information content (AvgIpc) is 2.63. The highest BCUT2D eigenvalue weighted by molar-refractivity contribution is 7.93. The lowest BCUT2D eigenvalue weighted by molar-refractivity contribution is 0.0404. The van der Waals surface area contributed by atoms with Gasteiger partial charge in [0.05, 0.1) is 18.1 Å². The highest BCUT2D eigenvalue weighted by atomic mass is 32.2. The quantitative estimate of drug-likeness (QED) is 0.831. The van der Waals surface area contributed by atoms with Crippen LogP contribution in [0.15, 0.2) is 18.2 Å². The number of likely N-dealkylation sites (tertiary alicyclic amines) is 1. The molecule has 0 radical (unpaired) electrons. The first-order valence-electron chi connectivity index (χ1n) is 7.33. The van der Waals surface area contributed by atoms with Crippen LogP contribution in [0, 0.1) is 12.8 Å². The van der Waals surface area contributed by atoms with Crippen LogP contribution in [-0.4, -0.2) is 55.6 Å². The third-order valence-electron chi connectivity index (χ3n) is 4.78. The summed E-state index contributed by atoms with van der Waals surface area (Å²) in [5.41, 5.74) is 2.00. The number of aromatic nitrogens is 1. The molecule has 0 aliphatic carbocycles. The van der Waals surface area contributed by atoms with Crippen LogP contribution in [0.3, 0.4) is 0 Å². The van der Waals surface area contributed by atoms with E-state index in [0.29, 0.717) is 25.4 Å². The fourth-order valence-electron chi connectivity index (χ4n) is 3.65. The van der Waals surface area contributed by atoms with Crippen LogP contribution in [0.5, 0.6) is 0 Å². The molecular weight excluding hydrogens is 288 g/mol. The van der Waals surface area contributed by atoms with E-state index >= 15 is 0 Å². The molecule has 2 aliphatic heterocycles. The Morgan fingerprint density at radius 3 is 2.86 bits per heavy atom. The third-order valence-corrected chi connectivity index (χ3v) is 7.38. The fourth-order valence-corrected chi connectivity index (χ4v) is 6.10. The minimum atomic E-state index is -3.00. The Labute approximate surface area is 126 Å². The maximum Gasteiger partial charge on any atom is 0.158 e. The summed E-state index contributed by atoms with van der Waals surface area (Å²) in [5, 5.41) is 0. The predicted molar refractivity (Wildman–Crippen MR) is 80.8 cm³/mol. The first-order chi connectivity index (χ1) is 9.97. The van der Waals surface area contributed by atoms with Gasteiger partial charge in [-0.1, -0.05) is 6.07 Å². The van der Waals surface area contributed by atoms with E-state index in [4.69, 9.17) is 4.74 Å². The van der Waals surface area contributed by atoms with Crippen molar-refractivity contribution >= 4 is 9.84 Å². The summed E-state index contributed by atoms with van der Waals surface area (Å²) in [5.74, 6) is 0.437. The van der Waals surface area contributed by atoms with E-state index in [2.05, 4.69) is 9.88 Å². The van der Waals surface area contributed by atoms with Crippen molar-refractivity contribution in [1.29, 1.82) is 0 Å². The molecule has 6 heteroatoms. The van der Waals surface area contributed by atoms with Crippen molar-refractivity contribution in [2.75, 3.05) is 32.6 Å². The van der Waals surface area contributed by atoms with Gasteiger partial charge in [-0.05, 0) is 25.5 Å². The smallest absolute Gasteiger partial charge is 0.158 e. The number of nitrogens with zero attached hydrogens (tertiary/aromatic N) is 2. The highest BCUT2D eigenvalue weighted by Gasteiger charge is 2.61. The number of hydrogen-bond donors (Lipinski definition) is 0. The van der Waals surface area contributed by atoms with E-state index in [1.807, 2.05) is 25.1 Å². The third kappa shape index (κ3) is 2.49. The Balaban J connectivity index is 1.70. The molecule has 0 N–H and O–H groups in total. The molecule has 1 atom stereocenters. The Morgan fingerprint density at radius 2 is 2.19 bits per heavy atom. The molecule has 2 aliphatic rings. The SMILES string of the molecule is COC[C@@H]1CCS(=O)(=O)C12CN(Cc1cccc(C)n1)C2. The van der Waals surface area contributed by atoms with Gasteiger partial charge in [-0.15, -0.1) is 0 Å². The van der Waals surface area contributed by atoms with Crippen LogP contribution < -0.4 is 0 Å². The second-order valence-corrected chi connectivity index (χ2v) is 8.69. The molecule has 0 unspecified atom stereocenters. The summed E-state index contributed by atoms with van der Waals surface area (Å²) in [6.45, 7) is 4.45. The lowest BCUT2D eigenvalue weighted by Gasteiger charge is -2.49. The lowest BCUT2D eigenvalue weighted by Crippen LogP contribution is -2.67. The number of sulfone groups is 1. The zero-order chi connectivity index (χ0) is 15.1. The zero-order valence-corrected chi connectivity index (χ0v) is 13.4. The van der Waals surface area contributed by atoms with E-state index in [0.717, 1.165) is 24.4 Å². The molecule has 5 nitrogen and oxygen atoms in total.